The fourth-order valence-corrected chi connectivity index (χ4v) is 5.46. The number of sulfonamides is 1. The molecule has 2 rings (SSSR count). The first-order valence-corrected chi connectivity index (χ1v) is 8.47. The van der Waals surface area contributed by atoms with Crippen LogP contribution in [0.15, 0.2) is 10.3 Å². The number of hydrogen-bond donors (Lipinski definition) is 1. The van der Waals surface area contributed by atoms with Gasteiger partial charge in [0.05, 0.1) is 4.34 Å². The summed E-state index contributed by atoms with van der Waals surface area (Å²) in [5.74, 6) is 0.247. The average Bonchev–Trinajstić information content (AvgIpc) is 2.87. The number of nitrogens with zero attached hydrogens (tertiary/aromatic N) is 1. The van der Waals surface area contributed by atoms with Gasteiger partial charge in [0.25, 0.3) is 10.0 Å². The van der Waals surface area contributed by atoms with Crippen LogP contribution in [0.2, 0.25) is 4.34 Å². The lowest BCUT2D eigenvalue weighted by Gasteiger charge is -2.17. The Bertz CT molecular complexity index is 523. The molecule has 0 bridgehead atoms. The molecule has 4 nitrogen and oxygen atoms in total. The molecule has 0 spiro atoms. The number of hydrogen-bond acceptors (Lipinski definition) is 4. The van der Waals surface area contributed by atoms with Crippen LogP contribution in [-0.2, 0) is 10.0 Å². The normalized spacial score (nSPS) is 22.2. The van der Waals surface area contributed by atoms with Gasteiger partial charge in [-0.1, -0.05) is 11.6 Å². The summed E-state index contributed by atoms with van der Waals surface area (Å²) in [4.78, 5) is 0. The minimum absolute atomic E-state index is 0. The Kier molecular flexibility index (Phi) is 5.69. The lowest BCUT2D eigenvalue weighted by atomic mass is 10.0. The molecule has 1 fully saturated rings. The van der Waals surface area contributed by atoms with Gasteiger partial charge in [0.2, 0.25) is 0 Å². The van der Waals surface area contributed by atoms with E-state index < -0.39 is 10.0 Å². The Morgan fingerprint density at radius 3 is 2.63 bits per heavy atom. The predicted octanol–water partition coefficient (Wildman–Crippen LogP) is 2.49. The molecule has 0 aromatic carbocycles. The molecule has 110 valence electrons. The van der Waals surface area contributed by atoms with Gasteiger partial charge < -0.3 is 5.73 Å². The van der Waals surface area contributed by atoms with Crippen molar-refractivity contribution in [1.29, 1.82) is 0 Å². The maximum atomic E-state index is 12.4. The Balaban J connectivity index is 0.00000180. The molecule has 1 aliphatic heterocycles. The van der Waals surface area contributed by atoms with Crippen molar-refractivity contribution >= 4 is 45.4 Å². The molecule has 8 heteroatoms. The van der Waals surface area contributed by atoms with Gasteiger partial charge in [-0.05, 0) is 37.8 Å². The van der Waals surface area contributed by atoms with Crippen molar-refractivity contribution in [3.05, 3.63) is 16.0 Å². The first-order valence-electron chi connectivity index (χ1n) is 5.84. The van der Waals surface area contributed by atoms with Crippen molar-refractivity contribution in [1.82, 2.24) is 4.31 Å². The molecule has 0 saturated carbocycles. The Morgan fingerprint density at radius 1 is 1.58 bits per heavy atom. The fraction of sp³-hybridized carbons (Fsp3) is 0.636. The van der Waals surface area contributed by atoms with Crippen LogP contribution in [-0.4, -0.2) is 31.9 Å². The van der Waals surface area contributed by atoms with Gasteiger partial charge in [0.15, 0.2) is 0 Å². The van der Waals surface area contributed by atoms with Crippen molar-refractivity contribution in [2.24, 2.45) is 11.7 Å². The van der Waals surface area contributed by atoms with Crippen LogP contribution in [0.25, 0.3) is 0 Å². The molecule has 0 radical (unpaired) electrons. The minimum atomic E-state index is -3.39. The standard InChI is InChI=1S/C11H17ClN2O2S2.ClH/c1-7-5-10(17-11(7)12)18(15,16)14-4-3-9(6-14)8(2)13;/h5,8-9H,3-4,6,13H2,1-2H3;1H. The van der Waals surface area contributed by atoms with E-state index in [-0.39, 0.29) is 24.4 Å². The maximum Gasteiger partial charge on any atom is 0.252 e. The number of nitrogens with two attached hydrogens (primary N) is 1. The monoisotopic (exact) mass is 344 g/mol. The molecule has 1 saturated heterocycles. The van der Waals surface area contributed by atoms with Crippen molar-refractivity contribution in [2.45, 2.75) is 30.5 Å². The summed E-state index contributed by atoms with van der Waals surface area (Å²) in [5, 5.41) is 0. The van der Waals surface area contributed by atoms with Crippen LogP contribution in [0, 0.1) is 12.8 Å². The molecule has 2 heterocycles. The fourth-order valence-electron chi connectivity index (χ4n) is 2.09. The zero-order valence-corrected chi connectivity index (χ0v) is 14.0. The molecule has 0 aliphatic carbocycles. The number of halogens is 2. The molecule has 2 unspecified atom stereocenters. The van der Waals surface area contributed by atoms with E-state index >= 15 is 0 Å². The highest BCUT2D eigenvalue weighted by Gasteiger charge is 2.34. The molecule has 1 aromatic rings. The topological polar surface area (TPSA) is 63.4 Å². The minimum Gasteiger partial charge on any atom is -0.328 e. The second-order valence-electron chi connectivity index (χ2n) is 4.79. The van der Waals surface area contributed by atoms with E-state index in [1.165, 1.54) is 4.31 Å². The predicted molar refractivity (Wildman–Crippen MR) is 81.8 cm³/mol. The molecule has 2 N–H and O–H groups in total. The molecule has 1 aliphatic rings. The quantitative estimate of drug-likeness (QED) is 0.915. The van der Waals surface area contributed by atoms with Crippen LogP contribution >= 0.6 is 35.3 Å². The Morgan fingerprint density at radius 2 is 2.21 bits per heavy atom. The van der Waals surface area contributed by atoms with E-state index in [1.807, 2.05) is 13.8 Å². The van der Waals surface area contributed by atoms with Crippen LogP contribution in [0.3, 0.4) is 0 Å². The zero-order valence-electron chi connectivity index (χ0n) is 10.8. The van der Waals surface area contributed by atoms with Crippen LogP contribution in [0.1, 0.15) is 18.9 Å². The second kappa shape index (κ2) is 6.28. The van der Waals surface area contributed by atoms with Crippen LogP contribution < -0.4 is 5.73 Å². The van der Waals surface area contributed by atoms with Crippen molar-refractivity contribution in [3.8, 4) is 0 Å². The highest BCUT2D eigenvalue weighted by Crippen LogP contribution is 2.34. The third kappa shape index (κ3) is 3.43. The number of rotatable bonds is 3. The molecule has 1 aromatic heterocycles. The molecular formula is C11H18Cl2N2O2S2. The molecule has 0 amide bonds. The summed E-state index contributed by atoms with van der Waals surface area (Å²) < 4.78 is 27.2. The first-order chi connectivity index (χ1) is 8.32. The van der Waals surface area contributed by atoms with Crippen molar-refractivity contribution in [3.63, 3.8) is 0 Å². The summed E-state index contributed by atoms with van der Waals surface area (Å²) in [5.41, 5.74) is 6.64. The van der Waals surface area contributed by atoms with Crippen LogP contribution in [0.4, 0.5) is 0 Å². The third-order valence-corrected chi connectivity index (χ3v) is 7.23. The van der Waals surface area contributed by atoms with Gasteiger partial charge in [-0.2, -0.15) is 4.31 Å². The summed E-state index contributed by atoms with van der Waals surface area (Å²) in [6.45, 7) is 4.79. The molecular weight excluding hydrogens is 327 g/mol. The average molecular weight is 345 g/mol. The molecule has 19 heavy (non-hydrogen) atoms. The van der Waals surface area contributed by atoms with Gasteiger partial charge in [-0.3, -0.25) is 0 Å². The summed E-state index contributed by atoms with van der Waals surface area (Å²) >= 11 is 7.06. The summed E-state index contributed by atoms with van der Waals surface area (Å²) in [6, 6.07) is 1.67. The van der Waals surface area contributed by atoms with Crippen molar-refractivity contribution in [2.75, 3.05) is 13.1 Å². The SMILES string of the molecule is Cc1cc(S(=O)(=O)N2CCC(C(C)N)C2)sc1Cl.Cl. The van der Waals surface area contributed by atoms with Gasteiger partial charge in [0, 0.05) is 19.1 Å². The van der Waals surface area contributed by atoms with E-state index in [9.17, 15) is 8.42 Å². The maximum absolute atomic E-state index is 12.4. The largest absolute Gasteiger partial charge is 0.328 e. The van der Waals surface area contributed by atoms with E-state index in [2.05, 4.69) is 0 Å². The Labute approximate surface area is 129 Å². The van der Waals surface area contributed by atoms with Gasteiger partial charge in [-0.15, -0.1) is 23.7 Å². The first kappa shape index (κ1) is 17.2. The van der Waals surface area contributed by atoms with E-state index in [0.717, 1.165) is 23.3 Å². The zero-order chi connectivity index (χ0) is 13.5. The third-order valence-electron chi connectivity index (χ3n) is 3.36. The van der Waals surface area contributed by atoms with Gasteiger partial charge in [0.1, 0.15) is 4.21 Å². The molecule has 2 atom stereocenters. The number of thiophene rings is 1. The van der Waals surface area contributed by atoms with Gasteiger partial charge >= 0.3 is 0 Å². The van der Waals surface area contributed by atoms with E-state index in [0.29, 0.717) is 21.6 Å². The van der Waals surface area contributed by atoms with Crippen molar-refractivity contribution < 1.29 is 8.42 Å². The summed E-state index contributed by atoms with van der Waals surface area (Å²) in [6.07, 6.45) is 0.828. The Hall–Kier alpha value is 0.150. The number of aryl methyl sites for hydroxylation is 1. The lowest BCUT2D eigenvalue weighted by Crippen LogP contribution is -2.32. The lowest BCUT2D eigenvalue weighted by molar-refractivity contribution is 0.430. The highest BCUT2D eigenvalue weighted by atomic mass is 35.5. The van der Waals surface area contributed by atoms with E-state index in [1.54, 1.807) is 6.07 Å². The van der Waals surface area contributed by atoms with E-state index in [4.69, 9.17) is 17.3 Å². The smallest absolute Gasteiger partial charge is 0.252 e. The van der Waals surface area contributed by atoms with Crippen LogP contribution in [0.5, 0.6) is 0 Å². The highest BCUT2D eigenvalue weighted by molar-refractivity contribution is 7.91. The summed E-state index contributed by atoms with van der Waals surface area (Å²) in [7, 11) is -3.39. The van der Waals surface area contributed by atoms with Gasteiger partial charge in [-0.25, -0.2) is 8.42 Å². The second-order valence-corrected chi connectivity index (χ2v) is 8.61.